The van der Waals surface area contributed by atoms with E-state index in [4.69, 9.17) is 14.5 Å². The van der Waals surface area contributed by atoms with Crippen LogP contribution in [0.4, 0.5) is 5.82 Å². The van der Waals surface area contributed by atoms with E-state index in [1.54, 1.807) is 23.5 Å². The van der Waals surface area contributed by atoms with Crippen LogP contribution in [-0.4, -0.2) is 76.8 Å². The summed E-state index contributed by atoms with van der Waals surface area (Å²) in [7, 11) is 0. The van der Waals surface area contributed by atoms with Crippen LogP contribution in [0.1, 0.15) is 16.8 Å². The van der Waals surface area contributed by atoms with Gasteiger partial charge in [-0.1, -0.05) is 0 Å². The van der Waals surface area contributed by atoms with Crippen molar-refractivity contribution in [2.45, 2.75) is 18.6 Å². The number of ether oxygens (including phenoxy) is 2. The molecule has 6 rings (SSSR count). The Morgan fingerprint density at radius 2 is 2.03 bits per heavy atom. The van der Waals surface area contributed by atoms with Crippen LogP contribution in [0.3, 0.4) is 0 Å². The summed E-state index contributed by atoms with van der Waals surface area (Å²) < 4.78 is 11.7. The molecule has 3 aliphatic rings. The molecule has 1 N–H and O–H groups in total. The molecule has 3 saturated heterocycles. The standard InChI is InChI=1S/C22H20N4O5S/c27-14-8-12(7-13(9-14)21(28)26-11-15-10-17(26)22(29)31-15)19-23-16-1-6-32-18(16)20(24-19)25-2-4-30-5-3-25/h1,6-9,15,17,27H,2-5,10-11H2/t15-,17+/m1/s1. The number of phenols is 1. The minimum atomic E-state index is -0.551. The largest absolute Gasteiger partial charge is 0.508 e. The zero-order valence-corrected chi connectivity index (χ0v) is 17.9. The van der Waals surface area contributed by atoms with Gasteiger partial charge in [-0.2, -0.15) is 0 Å². The summed E-state index contributed by atoms with van der Waals surface area (Å²) in [4.78, 5) is 38.3. The lowest BCUT2D eigenvalue weighted by Gasteiger charge is -2.28. The van der Waals surface area contributed by atoms with E-state index in [0.29, 0.717) is 43.1 Å². The number of hydrogen-bond acceptors (Lipinski definition) is 9. The molecule has 2 bridgehead atoms. The predicted molar refractivity (Wildman–Crippen MR) is 117 cm³/mol. The third-order valence-corrected chi connectivity index (χ3v) is 7.00. The molecule has 3 aromatic rings. The summed E-state index contributed by atoms with van der Waals surface area (Å²) in [5, 5.41) is 12.4. The van der Waals surface area contributed by atoms with Crippen molar-refractivity contribution in [3.8, 4) is 17.1 Å². The van der Waals surface area contributed by atoms with Crippen molar-refractivity contribution in [2.24, 2.45) is 0 Å². The fourth-order valence-electron chi connectivity index (χ4n) is 4.57. The number of rotatable bonds is 3. The number of amides is 1. The molecule has 2 aromatic heterocycles. The zero-order chi connectivity index (χ0) is 21.8. The average Bonchev–Trinajstić information content (AvgIpc) is 3.53. The highest BCUT2D eigenvalue weighted by Gasteiger charge is 2.48. The molecule has 0 radical (unpaired) electrons. The first kappa shape index (κ1) is 19.4. The molecule has 0 unspecified atom stereocenters. The lowest BCUT2D eigenvalue weighted by Crippen LogP contribution is -2.44. The number of nitrogens with zero attached hydrogens (tertiary/aromatic N) is 4. The minimum Gasteiger partial charge on any atom is -0.508 e. The van der Waals surface area contributed by atoms with Crippen molar-refractivity contribution in [3.63, 3.8) is 0 Å². The first-order valence-corrected chi connectivity index (χ1v) is 11.4. The lowest BCUT2D eigenvalue weighted by atomic mass is 10.1. The number of anilines is 1. The average molecular weight is 452 g/mol. The number of hydrogen-bond donors (Lipinski definition) is 1. The Morgan fingerprint density at radius 3 is 2.81 bits per heavy atom. The van der Waals surface area contributed by atoms with Crippen LogP contribution >= 0.6 is 11.3 Å². The van der Waals surface area contributed by atoms with Gasteiger partial charge in [0.25, 0.3) is 5.91 Å². The van der Waals surface area contributed by atoms with Crippen molar-refractivity contribution >= 4 is 39.2 Å². The van der Waals surface area contributed by atoms with Crippen LogP contribution in [0.25, 0.3) is 21.6 Å². The number of esters is 1. The number of aromatic nitrogens is 2. The van der Waals surface area contributed by atoms with Crippen molar-refractivity contribution < 1.29 is 24.2 Å². The van der Waals surface area contributed by atoms with E-state index in [9.17, 15) is 14.7 Å². The van der Waals surface area contributed by atoms with E-state index < -0.39 is 6.04 Å². The molecule has 9 nitrogen and oxygen atoms in total. The number of phenolic OH excluding ortho intramolecular Hbond substituents is 1. The van der Waals surface area contributed by atoms with Gasteiger partial charge in [-0.3, -0.25) is 4.79 Å². The number of thiophene rings is 1. The van der Waals surface area contributed by atoms with E-state index >= 15 is 0 Å². The van der Waals surface area contributed by atoms with Gasteiger partial charge in [0, 0.05) is 30.6 Å². The predicted octanol–water partition coefficient (Wildman–Crippen LogP) is 2.04. The molecular weight excluding hydrogens is 432 g/mol. The van der Waals surface area contributed by atoms with Gasteiger partial charge in [-0.25, -0.2) is 14.8 Å². The molecule has 1 aromatic carbocycles. The molecule has 2 atom stereocenters. The Hall–Kier alpha value is -3.24. The van der Waals surface area contributed by atoms with Crippen LogP contribution in [0.2, 0.25) is 0 Å². The van der Waals surface area contributed by atoms with Crippen LogP contribution in [-0.2, 0) is 14.3 Å². The van der Waals surface area contributed by atoms with Gasteiger partial charge in [0.2, 0.25) is 0 Å². The SMILES string of the molecule is O=C1O[C@@H]2C[C@@H]1N(C(=O)c1cc(O)cc(-c3nc(N4CCOCC4)c4sccc4n3)c1)C2. The normalized spacial score (nSPS) is 22.6. The lowest BCUT2D eigenvalue weighted by molar-refractivity contribution is -0.149. The highest BCUT2D eigenvalue weighted by molar-refractivity contribution is 7.17. The third-order valence-electron chi connectivity index (χ3n) is 6.10. The Morgan fingerprint density at radius 1 is 1.19 bits per heavy atom. The molecular formula is C22H20N4O5S. The molecule has 32 heavy (non-hydrogen) atoms. The van der Waals surface area contributed by atoms with Crippen LogP contribution < -0.4 is 4.90 Å². The third kappa shape index (κ3) is 3.18. The van der Waals surface area contributed by atoms with Gasteiger partial charge in [0.1, 0.15) is 17.9 Å². The topological polar surface area (TPSA) is 105 Å². The quantitative estimate of drug-likeness (QED) is 0.602. The second-order valence-corrected chi connectivity index (χ2v) is 9.06. The van der Waals surface area contributed by atoms with E-state index in [1.807, 2.05) is 11.4 Å². The Bertz CT molecular complexity index is 1240. The number of aromatic hydroxyl groups is 1. The zero-order valence-electron chi connectivity index (χ0n) is 17.1. The molecule has 164 valence electrons. The second-order valence-electron chi connectivity index (χ2n) is 8.14. The van der Waals surface area contributed by atoms with Gasteiger partial charge in [-0.15, -0.1) is 11.3 Å². The molecule has 5 heterocycles. The molecule has 3 aliphatic heterocycles. The van der Waals surface area contributed by atoms with Gasteiger partial charge in [0.05, 0.1) is 30.0 Å². The van der Waals surface area contributed by atoms with Crippen molar-refractivity contribution in [2.75, 3.05) is 37.7 Å². The van der Waals surface area contributed by atoms with Crippen molar-refractivity contribution in [3.05, 3.63) is 35.2 Å². The first-order valence-electron chi connectivity index (χ1n) is 10.5. The van der Waals surface area contributed by atoms with Crippen LogP contribution in [0, 0.1) is 0 Å². The Balaban J connectivity index is 1.39. The number of carbonyl (C=O) groups excluding carboxylic acids is 2. The number of likely N-dealkylation sites (tertiary alicyclic amines) is 1. The van der Waals surface area contributed by atoms with E-state index in [-0.39, 0.29) is 23.7 Å². The Labute approximate surface area is 187 Å². The molecule has 0 saturated carbocycles. The summed E-state index contributed by atoms with van der Waals surface area (Å²) >= 11 is 1.59. The van der Waals surface area contributed by atoms with Gasteiger partial charge in [0.15, 0.2) is 11.6 Å². The minimum absolute atomic E-state index is 0.0558. The van der Waals surface area contributed by atoms with E-state index in [1.165, 1.54) is 11.0 Å². The fourth-order valence-corrected chi connectivity index (χ4v) is 5.42. The number of morpholine rings is 2. The maximum Gasteiger partial charge on any atom is 0.329 e. The first-order chi connectivity index (χ1) is 15.6. The monoisotopic (exact) mass is 452 g/mol. The number of carbonyl (C=O) groups is 2. The summed E-state index contributed by atoms with van der Waals surface area (Å²) in [5.41, 5.74) is 1.66. The summed E-state index contributed by atoms with van der Waals surface area (Å²) in [6, 6.07) is 6.03. The summed E-state index contributed by atoms with van der Waals surface area (Å²) in [5.74, 6) is 0.538. The molecule has 0 spiro atoms. The molecule has 1 amide bonds. The Kier molecular flexibility index (Phi) is 4.51. The fraction of sp³-hybridized carbons (Fsp3) is 0.364. The highest BCUT2D eigenvalue weighted by atomic mass is 32.1. The molecule has 3 fully saturated rings. The van der Waals surface area contributed by atoms with E-state index in [2.05, 4.69) is 9.88 Å². The van der Waals surface area contributed by atoms with Crippen LogP contribution in [0.5, 0.6) is 5.75 Å². The highest BCUT2D eigenvalue weighted by Crippen LogP contribution is 2.34. The van der Waals surface area contributed by atoms with E-state index in [0.717, 1.165) is 29.1 Å². The maximum atomic E-state index is 13.1. The smallest absolute Gasteiger partial charge is 0.329 e. The number of benzene rings is 1. The van der Waals surface area contributed by atoms with Gasteiger partial charge >= 0.3 is 5.97 Å². The van der Waals surface area contributed by atoms with Gasteiger partial charge < -0.3 is 24.4 Å². The van der Waals surface area contributed by atoms with Gasteiger partial charge in [-0.05, 0) is 29.6 Å². The molecule has 0 aliphatic carbocycles. The van der Waals surface area contributed by atoms with Crippen LogP contribution in [0.15, 0.2) is 29.6 Å². The maximum absolute atomic E-state index is 13.1. The summed E-state index contributed by atoms with van der Waals surface area (Å²) in [6.45, 7) is 3.12. The number of fused-ring (bicyclic) bond motifs is 3. The summed E-state index contributed by atoms with van der Waals surface area (Å²) in [6.07, 6.45) is 0.283. The van der Waals surface area contributed by atoms with Crippen molar-refractivity contribution in [1.82, 2.24) is 14.9 Å². The van der Waals surface area contributed by atoms with Crippen molar-refractivity contribution in [1.29, 1.82) is 0 Å². The second kappa shape index (κ2) is 7.42. The molecule has 10 heteroatoms.